The number of carbonyl (C=O) groups excluding carboxylic acids is 6. The first-order valence-corrected chi connectivity index (χ1v) is 19.1. The summed E-state index contributed by atoms with van der Waals surface area (Å²) in [5.41, 5.74) is 0. The van der Waals surface area contributed by atoms with Crippen molar-refractivity contribution in [1.29, 1.82) is 0 Å². The number of carbonyl (C=O) groups is 10. The first kappa shape index (κ1) is 49.1. The Balaban J connectivity index is 3.40. The molecule has 1 aliphatic carbocycles. The van der Waals surface area contributed by atoms with Crippen molar-refractivity contribution in [1.82, 2.24) is 31.9 Å². The quantitative estimate of drug-likeness (QED) is 0.0513. The van der Waals surface area contributed by atoms with Gasteiger partial charge in [0.25, 0.3) is 0 Å². The van der Waals surface area contributed by atoms with Crippen molar-refractivity contribution >= 4 is 71.9 Å². The Bertz CT molecular complexity index is 1440. The lowest BCUT2D eigenvalue weighted by molar-refractivity contribution is -0.146. The van der Waals surface area contributed by atoms with Gasteiger partial charge in [-0.05, 0) is 44.4 Å². The molecular formula is C35H56N6O14S. The van der Waals surface area contributed by atoms with Crippen LogP contribution in [0.15, 0.2) is 0 Å². The largest absolute Gasteiger partial charge is 0.481 e. The number of hydrogen-bond acceptors (Lipinski definition) is 11. The lowest BCUT2D eigenvalue weighted by atomic mass is 9.84. The molecule has 7 atom stereocenters. The fourth-order valence-corrected chi connectivity index (χ4v) is 6.33. The zero-order valence-corrected chi connectivity index (χ0v) is 32.9. The van der Waals surface area contributed by atoms with Gasteiger partial charge in [0.2, 0.25) is 35.4 Å². The van der Waals surface area contributed by atoms with E-state index in [9.17, 15) is 68.4 Å². The standard InChI is InChI=1S/C35H56N6O14S/c1-17(2)14-23(39-30(48)22(11-13-27(45)46)38-33(51)28(36-19(4)42)18(3)34(52)53)31(49)37-21(10-12-26(43)44)29(47)40-24(15-20-8-6-5-7-9-20)32(50)41-25(16-56)35(54)55/h17-18,20-25,28,56H,5-16H2,1-4H3,(H,36,42)(H,37,49)(H,38,51)(H,39,48)(H,40,47)(H,41,50)(H,43,44)(H,45,46)(H,52,53)(H,54,55)/t18?,21-,22+,23-,24-,25-,28-/m0/s1. The smallest absolute Gasteiger partial charge is 0.327 e. The molecule has 316 valence electrons. The van der Waals surface area contributed by atoms with Crippen LogP contribution in [0.3, 0.4) is 0 Å². The number of carboxylic acid groups (broad SMARTS) is 4. The minimum Gasteiger partial charge on any atom is -0.481 e. The summed E-state index contributed by atoms with van der Waals surface area (Å²) in [5, 5.41) is 51.8. The van der Waals surface area contributed by atoms with E-state index in [0.717, 1.165) is 46.0 Å². The van der Waals surface area contributed by atoms with Crippen LogP contribution in [-0.4, -0.2) is 122 Å². The van der Waals surface area contributed by atoms with Gasteiger partial charge >= 0.3 is 23.9 Å². The van der Waals surface area contributed by atoms with Crippen LogP contribution >= 0.6 is 12.6 Å². The van der Waals surface area contributed by atoms with E-state index in [0.29, 0.717) is 0 Å². The van der Waals surface area contributed by atoms with Crippen molar-refractivity contribution in [3.05, 3.63) is 0 Å². The molecule has 0 aromatic carbocycles. The van der Waals surface area contributed by atoms with Crippen LogP contribution in [0.2, 0.25) is 0 Å². The molecule has 1 saturated carbocycles. The first-order valence-electron chi connectivity index (χ1n) is 18.5. The fourth-order valence-electron chi connectivity index (χ4n) is 6.08. The van der Waals surface area contributed by atoms with Crippen molar-refractivity contribution in [2.45, 2.75) is 135 Å². The van der Waals surface area contributed by atoms with E-state index in [-0.39, 0.29) is 30.4 Å². The Hall–Kier alpha value is -4.95. The fraction of sp³-hybridized carbons (Fsp3) is 0.714. The van der Waals surface area contributed by atoms with Crippen LogP contribution in [0.4, 0.5) is 0 Å². The SMILES string of the molecule is CC(=O)N[C@H](C(=O)N[C@H](CCC(=O)O)C(=O)N[C@@H](CC(C)C)C(=O)N[C@@H](CCC(=O)O)C(=O)N[C@@H](CC1CCCCC1)C(=O)N[C@@H](CS)C(=O)O)C(C)C(=O)O. The first-order chi connectivity index (χ1) is 26.2. The lowest BCUT2D eigenvalue weighted by Gasteiger charge is -2.30. The van der Waals surface area contributed by atoms with E-state index in [2.05, 4.69) is 44.5 Å². The second-order valence-electron chi connectivity index (χ2n) is 14.4. The molecule has 20 nitrogen and oxygen atoms in total. The molecule has 1 fully saturated rings. The molecule has 1 aliphatic rings. The number of thiol groups is 1. The van der Waals surface area contributed by atoms with Crippen molar-refractivity contribution in [2.24, 2.45) is 17.8 Å². The summed E-state index contributed by atoms with van der Waals surface area (Å²) in [7, 11) is 0. The minimum atomic E-state index is -1.66. The third-order valence-corrected chi connectivity index (χ3v) is 9.52. The van der Waals surface area contributed by atoms with Crippen LogP contribution in [0.5, 0.6) is 0 Å². The van der Waals surface area contributed by atoms with Crippen LogP contribution < -0.4 is 31.9 Å². The predicted molar refractivity (Wildman–Crippen MR) is 200 cm³/mol. The molecule has 0 aliphatic heterocycles. The Morgan fingerprint density at radius 3 is 1.43 bits per heavy atom. The van der Waals surface area contributed by atoms with E-state index < -0.39 is 127 Å². The number of nitrogens with one attached hydrogen (secondary N) is 6. The van der Waals surface area contributed by atoms with Gasteiger partial charge in [-0.25, -0.2) is 4.79 Å². The van der Waals surface area contributed by atoms with Gasteiger partial charge in [-0.1, -0.05) is 46.0 Å². The van der Waals surface area contributed by atoms with Gasteiger partial charge in [0.1, 0.15) is 36.3 Å². The van der Waals surface area contributed by atoms with Crippen molar-refractivity contribution < 1.29 is 68.4 Å². The number of aliphatic carboxylic acids is 4. The molecule has 56 heavy (non-hydrogen) atoms. The molecule has 0 aromatic rings. The van der Waals surface area contributed by atoms with Gasteiger partial charge in [-0.15, -0.1) is 0 Å². The average Bonchev–Trinajstić information content (AvgIpc) is 3.11. The van der Waals surface area contributed by atoms with Gasteiger partial charge in [-0.3, -0.25) is 43.2 Å². The molecule has 10 N–H and O–H groups in total. The van der Waals surface area contributed by atoms with Crippen molar-refractivity contribution in [3.63, 3.8) is 0 Å². The molecule has 6 amide bonds. The predicted octanol–water partition coefficient (Wildman–Crippen LogP) is -0.604. The molecule has 0 heterocycles. The van der Waals surface area contributed by atoms with Crippen LogP contribution in [0.25, 0.3) is 0 Å². The summed E-state index contributed by atoms with van der Waals surface area (Å²) in [4.78, 5) is 125. The maximum atomic E-state index is 13.8. The maximum Gasteiger partial charge on any atom is 0.327 e. The third-order valence-electron chi connectivity index (χ3n) is 9.15. The van der Waals surface area contributed by atoms with Gasteiger partial charge in [0.15, 0.2) is 0 Å². The Labute approximate surface area is 329 Å². The highest BCUT2D eigenvalue weighted by atomic mass is 32.1. The minimum absolute atomic E-state index is 0.00667. The number of rotatable bonds is 25. The summed E-state index contributed by atoms with van der Waals surface area (Å²) in [6, 6.07) is -8.94. The Morgan fingerprint density at radius 1 is 0.571 bits per heavy atom. The topological polar surface area (TPSA) is 324 Å². The highest BCUT2D eigenvalue weighted by molar-refractivity contribution is 7.80. The van der Waals surface area contributed by atoms with Crippen LogP contribution in [0.1, 0.15) is 98.3 Å². The number of hydrogen-bond donors (Lipinski definition) is 11. The highest BCUT2D eigenvalue weighted by Crippen LogP contribution is 2.27. The van der Waals surface area contributed by atoms with Crippen LogP contribution in [-0.2, 0) is 47.9 Å². The summed E-state index contributed by atoms with van der Waals surface area (Å²) < 4.78 is 0. The lowest BCUT2D eigenvalue weighted by Crippen LogP contribution is -2.60. The van der Waals surface area contributed by atoms with Gasteiger partial charge in [-0.2, -0.15) is 12.6 Å². The normalized spacial score (nSPS) is 16.7. The molecule has 0 aromatic heterocycles. The molecular weight excluding hydrogens is 760 g/mol. The van der Waals surface area contributed by atoms with E-state index in [1.54, 1.807) is 13.8 Å². The van der Waals surface area contributed by atoms with E-state index in [4.69, 9.17) is 0 Å². The zero-order valence-electron chi connectivity index (χ0n) is 32.0. The zero-order chi connectivity index (χ0) is 42.7. The summed E-state index contributed by atoms with van der Waals surface area (Å²) in [5.74, 6) is -13.1. The maximum absolute atomic E-state index is 13.8. The van der Waals surface area contributed by atoms with E-state index in [1.165, 1.54) is 0 Å². The summed E-state index contributed by atoms with van der Waals surface area (Å²) >= 11 is 3.97. The van der Waals surface area contributed by atoms with Gasteiger partial charge < -0.3 is 52.3 Å². The third kappa shape index (κ3) is 18.1. The van der Waals surface area contributed by atoms with Crippen molar-refractivity contribution in [2.75, 3.05) is 5.75 Å². The average molecular weight is 817 g/mol. The number of carboxylic acids is 4. The monoisotopic (exact) mass is 816 g/mol. The second-order valence-corrected chi connectivity index (χ2v) is 14.7. The van der Waals surface area contributed by atoms with E-state index >= 15 is 0 Å². The molecule has 0 bridgehead atoms. The van der Waals surface area contributed by atoms with Crippen molar-refractivity contribution in [3.8, 4) is 0 Å². The van der Waals surface area contributed by atoms with E-state index in [1.807, 2.05) is 0 Å². The van der Waals surface area contributed by atoms with Gasteiger partial charge in [0, 0.05) is 25.5 Å². The van der Waals surface area contributed by atoms with Crippen LogP contribution in [0, 0.1) is 17.8 Å². The number of amides is 6. The second kappa shape index (κ2) is 24.5. The molecule has 1 unspecified atom stereocenters. The molecule has 21 heteroatoms. The molecule has 0 radical (unpaired) electrons. The molecule has 0 saturated heterocycles. The summed E-state index contributed by atoms with van der Waals surface area (Å²) in [6.07, 6.45) is 2.13. The molecule has 0 spiro atoms. The Morgan fingerprint density at radius 2 is 1.00 bits per heavy atom. The Kier molecular flexibility index (Phi) is 21.5. The van der Waals surface area contributed by atoms with Gasteiger partial charge in [0.05, 0.1) is 5.92 Å². The molecule has 1 rings (SSSR count). The highest BCUT2D eigenvalue weighted by Gasteiger charge is 2.36. The summed E-state index contributed by atoms with van der Waals surface area (Å²) in [6.45, 7) is 5.56.